The zero-order valence-corrected chi connectivity index (χ0v) is 9.17. The molecule has 90 valence electrons. The summed E-state index contributed by atoms with van der Waals surface area (Å²) in [6, 6.07) is 1.94. The van der Waals surface area contributed by atoms with Crippen LogP contribution >= 0.6 is 0 Å². The van der Waals surface area contributed by atoms with Gasteiger partial charge in [0, 0.05) is 6.07 Å². The van der Waals surface area contributed by atoms with Crippen molar-refractivity contribution in [1.29, 1.82) is 0 Å². The summed E-state index contributed by atoms with van der Waals surface area (Å²) >= 11 is 0. The normalized spacial score (nSPS) is 10.2. The summed E-state index contributed by atoms with van der Waals surface area (Å²) < 4.78 is 14.5. The zero-order valence-electron chi connectivity index (χ0n) is 9.17. The van der Waals surface area contributed by atoms with Gasteiger partial charge in [0.25, 0.3) is 6.01 Å². The molecule has 0 aliphatic carbocycles. The van der Waals surface area contributed by atoms with Crippen molar-refractivity contribution in [1.82, 2.24) is 10.1 Å². The third kappa shape index (κ3) is 2.83. The highest BCUT2D eigenvalue weighted by Gasteiger charge is 2.12. The molecule has 0 spiro atoms. The van der Waals surface area contributed by atoms with Crippen LogP contribution in [0.5, 0.6) is 0 Å². The van der Waals surface area contributed by atoms with Gasteiger partial charge in [0.05, 0.1) is 13.2 Å². The Kier molecular flexibility index (Phi) is 3.39. The fraction of sp³-hybridized carbons (Fsp3) is 0.300. The van der Waals surface area contributed by atoms with Gasteiger partial charge in [-0.15, -0.1) is 0 Å². The van der Waals surface area contributed by atoms with E-state index >= 15 is 0 Å². The smallest absolute Gasteiger partial charge is 0.360 e. The first kappa shape index (κ1) is 11.2. The number of nitrogens with zero attached hydrogens (tertiary/aromatic N) is 2. The summed E-state index contributed by atoms with van der Waals surface area (Å²) in [4.78, 5) is 15.2. The van der Waals surface area contributed by atoms with Crippen molar-refractivity contribution < 1.29 is 18.5 Å². The quantitative estimate of drug-likeness (QED) is 0.787. The summed E-state index contributed by atoms with van der Waals surface area (Å²) in [5.41, 5.74) is 0.843. The number of hydrogen-bond donors (Lipinski definition) is 1. The molecule has 0 saturated heterocycles. The molecule has 1 N–H and O–H groups in total. The number of ether oxygens (including phenoxy) is 1. The minimum atomic E-state index is -0.509. The number of hydrogen-bond acceptors (Lipinski definition) is 7. The molecule has 2 rings (SSSR count). The van der Waals surface area contributed by atoms with Gasteiger partial charge < -0.3 is 19.0 Å². The van der Waals surface area contributed by atoms with Crippen LogP contribution in [0.15, 0.2) is 27.5 Å². The molecule has 0 amide bonds. The molecule has 0 atom stereocenters. The van der Waals surface area contributed by atoms with Crippen LogP contribution in [-0.2, 0) is 11.3 Å². The van der Waals surface area contributed by atoms with Crippen molar-refractivity contribution in [2.75, 3.05) is 11.9 Å². The molecule has 2 aromatic rings. The first-order valence-corrected chi connectivity index (χ1v) is 5.05. The number of carbonyl (C=O) groups excluding carboxylic acids is 1. The molecule has 17 heavy (non-hydrogen) atoms. The Bertz CT molecular complexity index is 477. The highest BCUT2D eigenvalue weighted by molar-refractivity contribution is 5.87. The van der Waals surface area contributed by atoms with Gasteiger partial charge in [-0.05, 0) is 6.92 Å². The van der Waals surface area contributed by atoms with E-state index in [4.69, 9.17) is 9.15 Å². The minimum Gasteiger partial charge on any atom is -0.461 e. The van der Waals surface area contributed by atoms with Crippen molar-refractivity contribution in [3.63, 3.8) is 0 Å². The lowest BCUT2D eigenvalue weighted by Gasteiger charge is -1.96. The van der Waals surface area contributed by atoms with Gasteiger partial charge >= 0.3 is 5.97 Å². The number of aromatic nitrogens is 2. The Labute approximate surface area is 96.8 Å². The van der Waals surface area contributed by atoms with Crippen LogP contribution in [0.2, 0.25) is 0 Å². The van der Waals surface area contributed by atoms with Gasteiger partial charge in [-0.3, -0.25) is 0 Å². The van der Waals surface area contributed by atoms with Gasteiger partial charge in [-0.2, -0.15) is 4.98 Å². The SMILES string of the molecule is CCOC(=O)c1coc(NCc2ccon2)n1. The molecule has 0 aromatic carbocycles. The topological polar surface area (TPSA) is 90.4 Å². The van der Waals surface area contributed by atoms with Crippen LogP contribution < -0.4 is 5.32 Å². The predicted octanol–water partition coefficient (Wildman–Crippen LogP) is 1.45. The minimum absolute atomic E-state index is 0.134. The Morgan fingerprint density at radius 1 is 1.59 bits per heavy atom. The second kappa shape index (κ2) is 5.15. The molecule has 0 fully saturated rings. The molecule has 0 aliphatic rings. The Morgan fingerprint density at radius 3 is 3.18 bits per heavy atom. The zero-order chi connectivity index (χ0) is 12.1. The average Bonchev–Trinajstić information content (AvgIpc) is 2.98. The fourth-order valence-corrected chi connectivity index (χ4v) is 1.15. The second-order valence-electron chi connectivity index (χ2n) is 3.10. The van der Waals surface area contributed by atoms with E-state index in [1.165, 1.54) is 12.5 Å². The molecule has 0 bridgehead atoms. The molecule has 0 saturated carbocycles. The molecular weight excluding hydrogens is 226 g/mol. The van der Waals surface area contributed by atoms with Crippen molar-refractivity contribution >= 4 is 12.0 Å². The highest BCUT2D eigenvalue weighted by Crippen LogP contribution is 2.09. The molecule has 7 heteroatoms. The van der Waals surface area contributed by atoms with Crippen LogP contribution in [0.25, 0.3) is 0 Å². The number of rotatable bonds is 5. The van der Waals surface area contributed by atoms with E-state index in [1.54, 1.807) is 13.0 Å². The van der Waals surface area contributed by atoms with Crippen LogP contribution in [-0.4, -0.2) is 22.7 Å². The fourth-order valence-electron chi connectivity index (χ4n) is 1.15. The van der Waals surface area contributed by atoms with E-state index in [0.29, 0.717) is 18.8 Å². The largest absolute Gasteiger partial charge is 0.461 e. The van der Waals surface area contributed by atoms with E-state index in [1.807, 2.05) is 0 Å². The maximum absolute atomic E-state index is 11.3. The molecule has 7 nitrogen and oxygen atoms in total. The molecule has 0 unspecified atom stereocenters. The summed E-state index contributed by atoms with van der Waals surface area (Å²) in [6.07, 6.45) is 2.71. The predicted molar refractivity (Wildman–Crippen MR) is 56.3 cm³/mol. The maximum atomic E-state index is 11.3. The van der Waals surface area contributed by atoms with Gasteiger partial charge in [-0.25, -0.2) is 4.79 Å². The Morgan fingerprint density at radius 2 is 2.47 bits per heavy atom. The van der Waals surface area contributed by atoms with Crippen molar-refractivity contribution in [3.8, 4) is 0 Å². The van der Waals surface area contributed by atoms with Crippen LogP contribution in [0.4, 0.5) is 6.01 Å². The van der Waals surface area contributed by atoms with E-state index in [9.17, 15) is 4.79 Å². The first-order chi connectivity index (χ1) is 8.29. The highest BCUT2D eigenvalue weighted by atomic mass is 16.5. The van der Waals surface area contributed by atoms with Crippen molar-refractivity contribution in [2.45, 2.75) is 13.5 Å². The number of oxazole rings is 1. The van der Waals surface area contributed by atoms with E-state index in [2.05, 4.69) is 20.0 Å². The van der Waals surface area contributed by atoms with E-state index < -0.39 is 5.97 Å². The third-order valence-corrected chi connectivity index (χ3v) is 1.90. The van der Waals surface area contributed by atoms with Crippen LogP contribution in [0.3, 0.4) is 0 Å². The Hall–Kier alpha value is -2.31. The summed E-state index contributed by atoms with van der Waals surface area (Å²) in [7, 11) is 0. The second-order valence-corrected chi connectivity index (χ2v) is 3.10. The monoisotopic (exact) mass is 237 g/mol. The number of anilines is 1. The van der Waals surface area contributed by atoms with Crippen molar-refractivity contribution in [3.05, 3.63) is 30.0 Å². The van der Waals surface area contributed by atoms with Crippen molar-refractivity contribution in [2.24, 2.45) is 0 Å². The molecule has 0 radical (unpaired) electrons. The van der Waals surface area contributed by atoms with Gasteiger partial charge in [0.15, 0.2) is 5.69 Å². The number of nitrogens with one attached hydrogen (secondary N) is 1. The third-order valence-electron chi connectivity index (χ3n) is 1.90. The van der Waals surface area contributed by atoms with Crippen LogP contribution in [0.1, 0.15) is 23.1 Å². The summed E-state index contributed by atoms with van der Waals surface area (Å²) in [5, 5.41) is 6.56. The molecule has 0 aliphatic heterocycles. The molecular formula is C10H11N3O4. The molecule has 2 aromatic heterocycles. The first-order valence-electron chi connectivity index (χ1n) is 5.05. The van der Waals surface area contributed by atoms with Gasteiger partial charge in [0.1, 0.15) is 18.2 Å². The van der Waals surface area contributed by atoms with Gasteiger partial charge in [-0.1, -0.05) is 5.16 Å². The number of carbonyl (C=O) groups is 1. The Balaban J connectivity index is 1.92. The standard InChI is InChI=1S/C10H11N3O4/c1-2-15-9(14)8-6-16-10(12-8)11-5-7-3-4-17-13-7/h3-4,6H,2,5H2,1H3,(H,11,12). The number of esters is 1. The molecule has 2 heterocycles. The lowest BCUT2D eigenvalue weighted by Crippen LogP contribution is -2.05. The summed E-state index contributed by atoms with van der Waals surface area (Å²) in [5.74, 6) is -0.509. The average molecular weight is 237 g/mol. The van der Waals surface area contributed by atoms with Gasteiger partial charge in [0.2, 0.25) is 0 Å². The summed E-state index contributed by atoms with van der Waals surface area (Å²) in [6.45, 7) is 2.42. The lowest BCUT2D eigenvalue weighted by molar-refractivity contribution is 0.0519. The van der Waals surface area contributed by atoms with E-state index in [-0.39, 0.29) is 11.7 Å². The van der Waals surface area contributed by atoms with Crippen LogP contribution in [0, 0.1) is 0 Å². The van der Waals surface area contributed by atoms with E-state index in [0.717, 1.165) is 0 Å². The lowest BCUT2D eigenvalue weighted by atomic mass is 10.4. The maximum Gasteiger partial charge on any atom is 0.360 e.